The topological polar surface area (TPSA) is 96.9 Å². The van der Waals surface area contributed by atoms with Crippen molar-refractivity contribution in [2.75, 3.05) is 12.1 Å². The van der Waals surface area contributed by atoms with Crippen molar-refractivity contribution in [2.24, 2.45) is 5.92 Å². The number of anilines is 1. The maximum atomic E-state index is 12.1. The van der Waals surface area contributed by atoms with Crippen LogP contribution in [0.3, 0.4) is 0 Å². The second kappa shape index (κ2) is 6.13. The molecule has 0 unspecified atom stereocenters. The molecular weight excluding hydrogens is 288 g/mol. The molecule has 1 aliphatic carbocycles. The van der Waals surface area contributed by atoms with Gasteiger partial charge in [-0.15, -0.1) is 0 Å². The molecule has 0 spiro atoms. The van der Waals surface area contributed by atoms with E-state index in [4.69, 9.17) is 14.6 Å². The number of urea groups is 1. The normalized spacial score (nSPS) is 22.9. The van der Waals surface area contributed by atoms with Gasteiger partial charge < -0.3 is 25.2 Å². The molecule has 0 aromatic heterocycles. The number of rotatable bonds is 3. The van der Waals surface area contributed by atoms with Gasteiger partial charge >= 0.3 is 12.0 Å². The molecular formula is C15H18N2O5. The molecule has 22 heavy (non-hydrogen) atoms. The molecule has 1 aromatic carbocycles. The number of para-hydroxylation sites is 1. The van der Waals surface area contributed by atoms with E-state index in [0.717, 1.165) is 0 Å². The highest BCUT2D eigenvalue weighted by Gasteiger charge is 2.27. The Kier molecular flexibility index (Phi) is 4.04. The number of aliphatic carboxylic acids is 1. The van der Waals surface area contributed by atoms with Gasteiger partial charge in [-0.3, -0.25) is 4.79 Å². The Morgan fingerprint density at radius 3 is 2.64 bits per heavy atom. The lowest BCUT2D eigenvalue weighted by atomic mass is 9.86. The van der Waals surface area contributed by atoms with Crippen molar-refractivity contribution in [3.63, 3.8) is 0 Å². The molecule has 1 aliphatic heterocycles. The van der Waals surface area contributed by atoms with Gasteiger partial charge in [-0.05, 0) is 37.8 Å². The van der Waals surface area contributed by atoms with E-state index in [1.807, 2.05) is 0 Å². The highest BCUT2D eigenvalue weighted by atomic mass is 16.7. The first-order valence-corrected chi connectivity index (χ1v) is 7.32. The third-order valence-electron chi connectivity index (χ3n) is 4.06. The smallest absolute Gasteiger partial charge is 0.319 e. The molecule has 7 heteroatoms. The first-order valence-electron chi connectivity index (χ1n) is 7.32. The summed E-state index contributed by atoms with van der Waals surface area (Å²) in [5, 5.41) is 14.6. The van der Waals surface area contributed by atoms with Crippen LogP contribution in [0.25, 0.3) is 0 Å². The number of carbonyl (C=O) groups excluding carboxylic acids is 1. The first kappa shape index (κ1) is 14.5. The van der Waals surface area contributed by atoms with Gasteiger partial charge in [0.05, 0.1) is 11.6 Å². The van der Waals surface area contributed by atoms with Crippen LogP contribution in [-0.4, -0.2) is 29.9 Å². The van der Waals surface area contributed by atoms with E-state index in [1.54, 1.807) is 18.2 Å². The summed E-state index contributed by atoms with van der Waals surface area (Å²) in [5.41, 5.74) is 0.562. The summed E-state index contributed by atoms with van der Waals surface area (Å²) in [6.45, 7) is 0.148. The highest BCUT2D eigenvalue weighted by Crippen LogP contribution is 2.38. The number of carboxylic acid groups (broad SMARTS) is 1. The van der Waals surface area contributed by atoms with Gasteiger partial charge in [-0.25, -0.2) is 4.79 Å². The lowest BCUT2D eigenvalue weighted by Gasteiger charge is -2.26. The van der Waals surface area contributed by atoms with Crippen LogP contribution in [0.2, 0.25) is 0 Å². The zero-order valence-corrected chi connectivity index (χ0v) is 12.0. The molecule has 0 radical (unpaired) electrons. The summed E-state index contributed by atoms with van der Waals surface area (Å²) in [4.78, 5) is 23.0. The van der Waals surface area contributed by atoms with Crippen LogP contribution in [0, 0.1) is 5.92 Å². The molecule has 1 aromatic rings. The Morgan fingerprint density at radius 1 is 1.14 bits per heavy atom. The molecule has 0 bridgehead atoms. The molecule has 2 amide bonds. The Morgan fingerprint density at radius 2 is 1.91 bits per heavy atom. The predicted molar refractivity (Wildman–Crippen MR) is 78.1 cm³/mol. The van der Waals surface area contributed by atoms with Crippen LogP contribution in [0.4, 0.5) is 10.5 Å². The molecule has 7 nitrogen and oxygen atoms in total. The van der Waals surface area contributed by atoms with Crippen molar-refractivity contribution in [1.29, 1.82) is 0 Å². The maximum absolute atomic E-state index is 12.1. The van der Waals surface area contributed by atoms with E-state index >= 15 is 0 Å². The number of hydrogen-bond donors (Lipinski definition) is 3. The van der Waals surface area contributed by atoms with Crippen molar-refractivity contribution < 1.29 is 24.2 Å². The van der Waals surface area contributed by atoms with E-state index < -0.39 is 5.97 Å². The fourth-order valence-corrected chi connectivity index (χ4v) is 2.86. The highest BCUT2D eigenvalue weighted by molar-refractivity contribution is 5.91. The maximum Gasteiger partial charge on any atom is 0.319 e. The molecule has 0 atom stereocenters. The van der Waals surface area contributed by atoms with Crippen molar-refractivity contribution in [3.05, 3.63) is 18.2 Å². The van der Waals surface area contributed by atoms with Gasteiger partial charge in [0.1, 0.15) is 0 Å². The second-order valence-electron chi connectivity index (χ2n) is 5.52. The zero-order chi connectivity index (χ0) is 15.5. The standard InChI is InChI=1S/C15H18N2O5/c18-14(19)9-4-6-10(7-5-9)16-15(20)17-11-2-1-3-12-13(11)22-8-21-12/h1-3,9-10H,4-8H2,(H,18,19)(H2,16,17,20). The fourth-order valence-electron chi connectivity index (χ4n) is 2.86. The lowest BCUT2D eigenvalue weighted by molar-refractivity contribution is -0.142. The summed E-state index contributed by atoms with van der Waals surface area (Å²) in [6.07, 6.45) is 2.55. The lowest BCUT2D eigenvalue weighted by Crippen LogP contribution is -2.41. The van der Waals surface area contributed by atoms with Gasteiger partial charge in [-0.2, -0.15) is 0 Å². The third-order valence-corrected chi connectivity index (χ3v) is 4.06. The van der Waals surface area contributed by atoms with E-state index in [0.29, 0.717) is 42.9 Å². The van der Waals surface area contributed by atoms with Crippen molar-refractivity contribution in [3.8, 4) is 11.5 Å². The second-order valence-corrected chi connectivity index (χ2v) is 5.52. The predicted octanol–water partition coefficient (Wildman–Crippen LogP) is 2.18. The van der Waals surface area contributed by atoms with Gasteiger partial charge in [-0.1, -0.05) is 6.07 Å². The van der Waals surface area contributed by atoms with Crippen molar-refractivity contribution in [2.45, 2.75) is 31.7 Å². The number of hydrogen-bond acceptors (Lipinski definition) is 4. The molecule has 0 saturated heterocycles. The van der Waals surface area contributed by atoms with Gasteiger partial charge in [0.15, 0.2) is 11.5 Å². The number of fused-ring (bicyclic) bond motifs is 1. The number of benzene rings is 1. The van der Waals surface area contributed by atoms with Crippen molar-refractivity contribution in [1.82, 2.24) is 5.32 Å². The Balaban J connectivity index is 1.54. The van der Waals surface area contributed by atoms with Gasteiger partial charge in [0.2, 0.25) is 6.79 Å². The van der Waals surface area contributed by atoms with Crippen LogP contribution >= 0.6 is 0 Å². The average Bonchev–Trinajstić information content (AvgIpc) is 2.97. The number of nitrogens with one attached hydrogen (secondary N) is 2. The van der Waals surface area contributed by atoms with Gasteiger partial charge in [0.25, 0.3) is 0 Å². The molecule has 118 valence electrons. The van der Waals surface area contributed by atoms with Crippen LogP contribution in [0.1, 0.15) is 25.7 Å². The molecule has 1 heterocycles. The molecule has 3 rings (SSSR count). The van der Waals surface area contributed by atoms with E-state index in [9.17, 15) is 9.59 Å². The Labute approximate surface area is 127 Å². The number of amides is 2. The molecule has 1 saturated carbocycles. The van der Waals surface area contributed by atoms with Crippen LogP contribution < -0.4 is 20.1 Å². The van der Waals surface area contributed by atoms with Crippen molar-refractivity contribution >= 4 is 17.7 Å². The van der Waals surface area contributed by atoms with Crippen LogP contribution in [0.15, 0.2) is 18.2 Å². The minimum Gasteiger partial charge on any atom is -0.481 e. The largest absolute Gasteiger partial charge is 0.481 e. The summed E-state index contributed by atoms with van der Waals surface area (Å²) < 4.78 is 10.6. The minimum atomic E-state index is -0.750. The summed E-state index contributed by atoms with van der Waals surface area (Å²) in [6, 6.07) is 4.99. The van der Waals surface area contributed by atoms with Crippen LogP contribution in [-0.2, 0) is 4.79 Å². The number of carboxylic acids is 1. The Hall–Kier alpha value is -2.44. The summed E-state index contributed by atoms with van der Waals surface area (Å²) in [7, 11) is 0. The number of carbonyl (C=O) groups is 2. The third kappa shape index (κ3) is 3.08. The fraction of sp³-hybridized carbons (Fsp3) is 0.467. The van der Waals surface area contributed by atoms with Crippen LogP contribution in [0.5, 0.6) is 11.5 Å². The molecule has 3 N–H and O–H groups in total. The SMILES string of the molecule is O=C(Nc1cccc2c1OCO2)NC1CCC(C(=O)O)CC1. The summed E-state index contributed by atoms with van der Waals surface area (Å²) in [5.74, 6) is 0.107. The molecule has 1 fully saturated rings. The molecule has 2 aliphatic rings. The van der Waals surface area contributed by atoms with E-state index in [2.05, 4.69) is 10.6 Å². The summed E-state index contributed by atoms with van der Waals surface area (Å²) >= 11 is 0. The minimum absolute atomic E-state index is 0.00419. The number of ether oxygens (including phenoxy) is 2. The first-order chi connectivity index (χ1) is 10.6. The monoisotopic (exact) mass is 306 g/mol. The average molecular weight is 306 g/mol. The van der Waals surface area contributed by atoms with Gasteiger partial charge in [0, 0.05) is 6.04 Å². The zero-order valence-electron chi connectivity index (χ0n) is 12.0. The quantitative estimate of drug-likeness (QED) is 0.795. The Bertz CT molecular complexity index is 581. The van der Waals surface area contributed by atoms with E-state index in [1.165, 1.54) is 0 Å². The van der Waals surface area contributed by atoms with E-state index in [-0.39, 0.29) is 24.8 Å².